The number of halogens is 2. The van der Waals surface area contributed by atoms with E-state index in [4.69, 9.17) is 0 Å². The van der Waals surface area contributed by atoms with Crippen molar-refractivity contribution >= 4 is 61.2 Å². The number of rotatable bonds is 6. The maximum absolute atomic E-state index is 13.9. The number of benzene rings is 3. The maximum Gasteiger partial charge on any atom is 0.322 e. The standard InChI is InChI=1S/C33H36Br2N6O4/c34-26-18-22(19-27(35)30(26)42)20-29(31(43)39-16-14-38(15-17-39)24-7-2-1-3-8-24)37-32(44)40-12-10-25(11-13-40)41-21-23-6-4-5-9-28(23)36-33(41)45/h1-9,18-19,25,29,42H,10-17,20-21H2,(H,36,45)(H,37,44)/t29-/m1/s1. The number of piperidine rings is 1. The van der Waals surface area contributed by atoms with Gasteiger partial charge in [-0.25, -0.2) is 9.59 Å². The molecule has 1 atom stereocenters. The van der Waals surface area contributed by atoms with Crippen molar-refractivity contribution in [3.05, 3.63) is 86.8 Å². The van der Waals surface area contributed by atoms with Gasteiger partial charge < -0.3 is 35.3 Å². The smallest absolute Gasteiger partial charge is 0.322 e. The van der Waals surface area contributed by atoms with Gasteiger partial charge in [0, 0.05) is 69.7 Å². The molecule has 3 heterocycles. The Labute approximate surface area is 279 Å². The number of phenols is 1. The zero-order valence-corrected chi connectivity index (χ0v) is 28.0. The number of likely N-dealkylation sites (tertiary alicyclic amines) is 1. The second-order valence-electron chi connectivity index (χ2n) is 11.7. The molecule has 10 nitrogen and oxygen atoms in total. The molecule has 0 saturated carbocycles. The van der Waals surface area contributed by atoms with E-state index in [0.717, 1.165) is 22.5 Å². The Hall–Kier alpha value is -3.77. The molecule has 0 radical (unpaired) electrons. The van der Waals surface area contributed by atoms with E-state index in [1.165, 1.54) is 0 Å². The number of hydrogen-bond donors (Lipinski definition) is 3. The van der Waals surface area contributed by atoms with Gasteiger partial charge in [-0.3, -0.25) is 4.79 Å². The molecule has 12 heteroatoms. The van der Waals surface area contributed by atoms with Crippen molar-refractivity contribution in [2.45, 2.75) is 37.9 Å². The van der Waals surface area contributed by atoms with Crippen molar-refractivity contribution in [1.29, 1.82) is 0 Å². The summed E-state index contributed by atoms with van der Waals surface area (Å²) in [5.41, 5.74) is 3.85. The Kier molecular flexibility index (Phi) is 9.50. The summed E-state index contributed by atoms with van der Waals surface area (Å²) in [5, 5.41) is 16.2. The maximum atomic E-state index is 13.9. The van der Waals surface area contributed by atoms with Gasteiger partial charge in [-0.1, -0.05) is 36.4 Å². The van der Waals surface area contributed by atoms with Gasteiger partial charge in [0.05, 0.1) is 8.95 Å². The van der Waals surface area contributed by atoms with Crippen LogP contribution in [0.3, 0.4) is 0 Å². The minimum atomic E-state index is -0.786. The quantitative estimate of drug-likeness (QED) is 0.314. The van der Waals surface area contributed by atoms with Gasteiger partial charge in [0.1, 0.15) is 11.8 Å². The molecule has 3 aromatic carbocycles. The third kappa shape index (κ3) is 7.06. The summed E-state index contributed by atoms with van der Waals surface area (Å²) in [6.45, 7) is 4.02. The lowest BCUT2D eigenvalue weighted by atomic mass is 10.0. The lowest BCUT2D eigenvalue weighted by Gasteiger charge is -2.41. The highest BCUT2D eigenvalue weighted by Gasteiger charge is 2.35. The van der Waals surface area contributed by atoms with Crippen LogP contribution >= 0.6 is 31.9 Å². The number of aromatic hydroxyl groups is 1. The topological polar surface area (TPSA) is 108 Å². The van der Waals surface area contributed by atoms with Crippen LogP contribution in [0.25, 0.3) is 0 Å². The van der Waals surface area contributed by atoms with Crippen LogP contribution in [0.1, 0.15) is 24.0 Å². The number of amides is 5. The third-order valence-electron chi connectivity index (χ3n) is 8.88. The highest BCUT2D eigenvalue weighted by molar-refractivity contribution is 9.11. The minimum Gasteiger partial charge on any atom is -0.506 e. The van der Waals surface area contributed by atoms with E-state index in [1.807, 2.05) is 52.3 Å². The predicted octanol–water partition coefficient (Wildman–Crippen LogP) is 5.40. The first-order valence-corrected chi connectivity index (χ1v) is 16.8. The molecular formula is C33H36Br2N6O4. The van der Waals surface area contributed by atoms with E-state index in [1.54, 1.807) is 17.0 Å². The second kappa shape index (κ2) is 13.7. The lowest BCUT2D eigenvalue weighted by Crippen LogP contribution is -2.58. The van der Waals surface area contributed by atoms with Crippen LogP contribution < -0.4 is 15.5 Å². The summed E-state index contributed by atoms with van der Waals surface area (Å²) in [6, 6.07) is 20.3. The fourth-order valence-electron chi connectivity index (χ4n) is 6.35. The van der Waals surface area contributed by atoms with Crippen LogP contribution in [0, 0.1) is 0 Å². The summed E-state index contributed by atoms with van der Waals surface area (Å²) < 4.78 is 1.01. The highest BCUT2D eigenvalue weighted by Crippen LogP contribution is 2.34. The summed E-state index contributed by atoms with van der Waals surface area (Å²) in [4.78, 5) is 48.1. The van der Waals surface area contributed by atoms with Gasteiger partial charge in [0.15, 0.2) is 0 Å². The van der Waals surface area contributed by atoms with E-state index in [-0.39, 0.29) is 36.2 Å². The van der Waals surface area contributed by atoms with E-state index < -0.39 is 6.04 Å². The van der Waals surface area contributed by atoms with Crippen molar-refractivity contribution in [2.75, 3.05) is 49.5 Å². The molecule has 0 aliphatic carbocycles. The van der Waals surface area contributed by atoms with Crippen molar-refractivity contribution in [3.63, 3.8) is 0 Å². The van der Waals surface area contributed by atoms with Gasteiger partial charge >= 0.3 is 12.1 Å². The summed E-state index contributed by atoms with van der Waals surface area (Å²) >= 11 is 6.77. The van der Waals surface area contributed by atoms with Crippen LogP contribution in [0.4, 0.5) is 21.0 Å². The van der Waals surface area contributed by atoms with Crippen molar-refractivity contribution in [2.24, 2.45) is 0 Å². The number of carbonyl (C=O) groups is 3. The molecule has 3 aliphatic rings. The highest BCUT2D eigenvalue weighted by atomic mass is 79.9. The number of fused-ring (bicyclic) bond motifs is 1. The molecule has 3 aromatic rings. The first-order chi connectivity index (χ1) is 21.8. The number of para-hydroxylation sites is 2. The van der Waals surface area contributed by atoms with Crippen LogP contribution in [0.15, 0.2) is 75.7 Å². The Bertz CT molecular complexity index is 1530. The number of nitrogens with zero attached hydrogens (tertiary/aromatic N) is 4. The first-order valence-electron chi connectivity index (χ1n) is 15.2. The molecule has 5 amide bonds. The van der Waals surface area contributed by atoms with Gasteiger partial charge in [0.25, 0.3) is 0 Å². The number of anilines is 2. The molecule has 2 fully saturated rings. The van der Waals surface area contributed by atoms with Crippen molar-refractivity contribution < 1.29 is 19.5 Å². The zero-order chi connectivity index (χ0) is 31.5. The average Bonchev–Trinajstić information content (AvgIpc) is 3.06. The predicted molar refractivity (Wildman–Crippen MR) is 180 cm³/mol. The molecule has 3 aliphatic heterocycles. The average molecular weight is 740 g/mol. The number of carbonyl (C=O) groups excluding carboxylic acids is 3. The van der Waals surface area contributed by atoms with E-state index in [2.05, 4.69) is 59.5 Å². The Morgan fingerprint density at radius 1 is 0.889 bits per heavy atom. The molecule has 0 aromatic heterocycles. The number of urea groups is 2. The normalized spacial score (nSPS) is 17.9. The Balaban J connectivity index is 1.11. The first kappa shape index (κ1) is 31.2. The molecule has 6 rings (SSSR count). The monoisotopic (exact) mass is 738 g/mol. The number of piperazine rings is 1. The van der Waals surface area contributed by atoms with Crippen molar-refractivity contribution in [3.8, 4) is 5.75 Å². The molecule has 0 spiro atoms. The molecule has 0 unspecified atom stereocenters. The Morgan fingerprint density at radius 2 is 1.53 bits per heavy atom. The van der Waals surface area contributed by atoms with Gasteiger partial charge in [-0.15, -0.1) is 0 Å². The van der Waals surface area contributed by atoms with Gasteiger partial charge in [0.2, 0.25) is 5.91 Å². The molecule has 3 N–H and O–H groups in total. The third-order valence-corrected chi connectivity index (χ3v) is 10.1. The van der Waals surface area contributed by atoms with Crippen molar-refractivity contribution in [1.82, 2.24) is 20.0 Å². The summed E-state index contributed by atoms with van der Waals surface area (Å²) in [6.07, 6.45) is 1.58. The second-order valence-corrected chi connectivity index (χ2v) is 13.4. The van der Waals surface area contributed by atoms with Crippen LogP contribution in [0.2, 0.25) is 0 Å². The van der Waals surface area contributed by atoms with Gasteiger partial charge in [-0.05, 0) is 86.2 Å². The Morgan fingerprint density at radius 3 is 2.22 bits per heavy atom. The van der Waals surface area contributed by atoms with Crippen LogP contribution in [-0.2, 0) is 17.8 Å². The zero-order valence-electron chi connectivity index (χ0n) is 24.8. The van der Waals surface area contributed by atoms with Crippen LogP contribution in [0.5, 0.6) is 5.75 Å². The van der Waals surface area contributed by atoms with E-state index >= 15 is 0 Å². The largest absolute Gasteiger partial charge is 0.506 e. The van der Waals surface area contributed by atoms with E-state index in [0.29, 0.717) is 67.6 Å². The summed E-state index contributed by atoms with van der Waals surface area (Å²) in [5.74, 6) is -0.0497. The molecule has 2 saturated heterocycles. The lowest BCUT2D eigenvalue weighted by molar-refractivity contribution is -0.133. The summed E-state index contributed by atoms with van der Waals surface area (Å²) in [7, 11) is 0. The SMILES string of the molecule is O=C(N[C@H](Cc1cc(Br)c(O)c(Br)c1)C(=O)N1CCN(c2ccccc2)CC1)N1CCC(N2Cc3ccccc3NC2=O)CC1. The molecule has 0 bridgehead atoms. The fraction of sp³-hybridized carbons (Fsp3) is 0.364. The van der Waals surface area contributed by atoms with E-state index in [9.17, 15) is 19.5 Å². The van der Waals surface area contributed by atoms with Crippen LogP contribution in [-0.4, -0.2) is 89.1 Å². The number of phenolic OH excluding ortho intramolecular Hbond substituents is 1. The molecule has 236 valence electrons. The number of nitrogens with one attached hydrogen (secondary N) is 2. The molecular weight excluding hydrogens is 704 g/mol. The minimum absolute atomic E-state index is 0.0208. The fourth-order valence-corrected chi connectivity index (χ4v) is 7.64. The van der Waals surface area contributed by atoms with Gasteiger partial charge in [-0.2, -0.15) is 0 Å². The molecule has 45 heavy (non-hydrogen) atoms. The number of hydrogen-bond acceptors (Lipinski definition) is 5.